The molecule has 6 nitrogen and oxygen atoms in total. The summed E-state index contributed by atoms with van der Waals surface area (Å²) < 4.78 is 10.7. The Morgan fingerprint density at radius 1 is 1.23 bits per heavy atom. The van der Waals surface area contributed by atoms with Crippen molar-refractivity contribution in [2.24, 2.45) is 0 Å². The monoisotopic (exact) mass is 316 g/mol. The first-order valence-corrected chi connectivity index (χ1v) is 7.40. The molecule has 4 rings (SSSR count). The third-order valence-electron chi connectivity index (χ3n) is 3.68. The Bertz CT molecular complexity index is 775. The molecule has 3 aromatic rings. The Hall–Kier alpha value is -2.18. The third kappa shape index (κ3) is 2.51. The van der Waals surface area contributed by atoms with Gasteiger partial charge in [0.05, 0.1) is 12.3 Å². The molecular formula is C15H13ClN4O2. The van der Waals surface area contributed by atoms with E-state index in [4.69, 9.17) is 20.9 Å². The van der Waals surface area contributed by atoms with E-state index < -0.39 is 0 Å². The zero-order chi connectivity index (χ0) is 14.9. The zero-order valence-electron chi connectivity index (χ0n) is 11.6. The van der Waals surface area contributed by atoms with Crippen molar-refractivity contribution in [3.8, 4) is 22.8 Å². The van der Waals surface area contributed by atoms with Crippen molar-refractivity contribution in [3.63, 3.8) is 0 Å². The first-order chi connectivity index (χ1) is 10.8. The molecule has 1 aromatic carbocycles. The SMILES string of the molecule is Clc1ccc(-c2cc(-c3nc(C4CCOC4)no3)[nH]n2)cc1. The highest BCUT2D eigenvalue weighted by atomic mass is 35.5. The van der Waals surface area contributed by atoms with Crippen molar-refractivity contribution < 1.29 is 9.26 Å². The second-order valence-electron chi connectivity index (χ2n) is 5.19. The maximum atomic E-state index is 5.89. The molecule has 0 radical (unpaired) electrons. The second-order valence-corrected chi connectivity index (χ2v) is 5.63. The van der Waals surface area contributed by atoms with Gasteiger partial charge in [0.15, 0.2) is 5.82 Å². The van der Waals surface area contributed by atoms with Crippen LogP contribution < -0.4 is 0 Å². The van der Waals surface area contributed by atoms with E-state index >= 15 is 0 Å². The maximum absolute atomic E-state index is 5.89. The van der Waals surface area contributed by atoms with Crippen LogP contribution in [0.15, 0.2) is 34.9 Å². The van der Waals surface area contributed by atoms with E-state index in [0.29, 0.717) is 29.0 Å². The van der Waals surface area contributed by atoms with E-state index in [2.05, 4.69) is 20.3 Å². The largest absolute Gasteiger partial charge is 0.381 e. The smallest absolute Gasteiger partial charge is 0.275 e. The van der Waals surface area contributed by atoms with Gasteiger partial charge in [0.1, 0.15) is 5.69 Å². The molecule has 1 saturated heterocycles. The van der Waals surface area contributed by atoms with Crippen LogP contribution >= 0.6 is 11.6 Å². The van der Waals surface area contributed by atoms with Gasteiger partial charge in [-0.25, -0.2) is 0 Å². The van der Waals surface area contributed by atoms with E-state index in [1.165, 1.54) is 0 Å². The average molecular weight is 317 g/mol. The lowest BCUT2D eigenvalue weighted by atomic mass is 10.1. The molecule has 0 aliphatic carbocycles. The minimum atomic E-state index is 0.219. The fourth-order valence-electron chi connectivity index (χ4n) is 2.45. The molecule has 1 atom stereocenters. The number of H-pyrrole nitrogens is 1. The molecule has 1 fully saturated rings. The lowest BCUT2D eigenvalue weighted by Crippen LogP contribution is -1.99. The summed E-state index contributed by atoms with van der Waals surface area (Å²) in [5, 5.41) is 11.9. The predicted octanol–water partition coefficient (Wildman–Crippen LogP) is 3.28. The van der Waals surface area contributed by atoms with Crippen LogP contribution in [0.5, 0.6) is 0 Å². The topological polar surface area (TPSA) is 76.8 Å². The Morgan fingerprint density at radius 2 is 2.09 bits per heavy atom. The number of halogens is 1. The van der Waals surface area contributed by atoms with Gasteiger partial charge in [0.2, 0.25) is 0 Å². The summed E-state index contributed by atoms with van der Waals surface area (Å²) in [6.45, 7) is 1.40. The van der Waals surface area contributed by atoms with Gasteiger partial charge in [0, 0.05) is 23.1 Å². The lowest BCUT2D eigenvalue weighted by Gasteiger charge is -1.97. The van der Waals surface area contributed by atoms with Crippen LogP contribution in [0.1, 0.15) is 18.2 Å². The van der Waals surface area contributed by atoms with Crippen molar-refractivity contribution in [1.82, 2.24) is 20.3 Å². The molecule has 7 heteroatoms. The Kier molecular flexibility index (Phi) is 3.40. The van der Waals surface area contributed by atoms with Crippen LogP contribution in [0.4, 0.5) is 0 Å². The maximum Gasteiger partial charge on any atom is 0.275 e. The highest BCUT2D eigenvalue weighted by Gasteiger charge is 2.24. The third-order valence-corrected chi connectivity index (χ3v) is 3.94. The van der Waals surface area contributed by atoms with Crippen molar-refractivity contribution in [1.29, 1.82) is 0 Å². The molecule has 1 unspecified atom stereocenters. The molecule has 22 heavy (non-hydrogen) atoms. The number of nitrogens with zero attached hydrogens (tertiary/aromatic N) is 3. The standard InChI is InChI=1S/C15H13ClN4O2/c16-11-3-1-9(2-4-11)12-7-13(19-18-12)15-17-14(20-22-15)10-5-6-21-8-10/h1-4,7,10H,5-6,8H2,(H,18,19). The number of benzene rings is 1. The summed E-state index contributed by atoms with van der Waals surface area (Å²) in [6.07, 6.45) is 0.929. The Morgan fingerprint density at radius 3 is 2.86 bits per heavy atom. The normalized spacial score (nSPS) is 18.0. The van der Waals surface area contributed by atoms with Crippen LogP contribution in [-0.2, 0) is 4.74 Å². The van der Waals surface area contributed by atoms with Crippen LogP contribution in [0.3, 0.4) is 0 Å². The number of hydrogen-bond donors (Lipinski definition) is 1. The molecule has 0 bridgehead atoms. The first kappa shape index (κ1) is 13.5. The van der Waals surface area contributed by atoms with Gasteiger partial charge in [-0.1, -0.05) is 28.9 Å². The predicted molar refractivity (Wildman–Crippen MR) is 80.5 cm³/mol. The quantitative estimate of drug-likeness (QED) is 0.802. The van der Waals surface area contributed by atoms with Gasteiger partial charge in [-0.3, -0.25) is 5.10 Å². The summed E-state index contributed by atoms with van der Waals surface area (Å²) in [6, 6.07) is 9.37. The highest BCUT2D eigenvalue weighted by molar-refractivity contribution is 6.30. The van der Waals surface area contributed by atoms with Gasteiger partial charge >= 0.3 is 0 Å². The van der Waals surface area contributed by atoms with Crippen molar-refractivity contribution in [3.05, 3.63) is 41.2 Å². The number of hydrogen-bond acceptors (Lipinski definition) is 5. The molecule has 0 spiro atoms. The minimum absolute atomic E-state index is 0.219. The van der Waals surface area contributed by atoms with Gasteiger partial charge in [0.25, 0.3) is 5.89 Å². The molecule has 1 aliphatic rings. The van der Waals surface area contributed by atoms with Crippen molar-refractivity contribution in [2.45, 2.75) is 12.3 Å². The minimum Gasteiger partial charge on any atom is -0.381 e. The van der Waals surface area contributed by atoms with Crippen molar-refractivity contribution >= 4 is 11.6 Å². The van der Waals surface area contributed by atoms with Gasteiger partial charge in [-0.05, 0) is 24.6 Å². The summed E-state index contributed by atoms with van der Waals surface area (Å²) in [5.41, 5.74) is 2.47. The van der Waals surface area contributed by atoms with E-state index in [-0.39, 0.29) is 5.92 Å². The molecule has 3 heterocycles. The molecule has 1 aliphatic heterocycles. The molecule has 0 saturated carbocycles. The van der Waals surface area contributed by atoms with Crippen LogP contribution in [0.2, 0.25) is 5.02 Å². The molecule has 0 amide bonds. The number of aromatic nitrogens is 4. The Labute approximate surface area is 131 Å². The fourth-order valence-corrected chi connectivity index (χ4v) is 2.57. The average Bonchev–Trinajstić information content (AvgIpc) is 3.27. The van der Waals surface area contributed by atoms with Gasteiger partial charge in [-0.15, -0.1) is 0 Å². The summed E-state index contributed by atoms with van der Waals surface area (Å²) in [4.78, 5) is 4.43. The van der Waals surface area contributed by atoms with E-state index in [0.717, 1.165) is 24.3 Å². The number of nitrogens with one attached hydrogen (secondary N) is 1. The zero-order valence-corrected chi connectivity index (χ0v) is 12.4. The summed E-state index contributed by atoms with van der Waals surface area (Å²) in [5.74, 6) is 1.35. The second kappa shape index (κ2) is 5.55. The number of aromatic amines is 1. The highest BCUT2D eigenvalue weighted by Crippen LogP contribution is 2.27. The molecule has 2 aromatic heterocycles. The number of ether oxygens (including phenoxy) is 1. The number of rotatable bonds is 3. The van der Waals surface area contributed by atoms with Crippen molar-refractivity contribution in [2.75, 3.05) is 13.2 Å². The summed E-state index contributed by atoms with van der Waals surface area (Å²) >= 11 is 5.89. The van der Waals surface area contributed by atoms with E-state index in [1.807, 2.05) is 30.3 Å². The van der Waals surface area contributed by atoms with E-state index in [9.17, 15) is 0 Å². The van der Waals surface area contributed by atoms with Gasteiger partial charge < -0.3 is 9.26 Å². The van der Waals surface area contributed by atoms with Crippen LogP contribution in [-0.4, -0.2) is 33.6 Å². The van der Waals surface area contributed by atoms with Crippen LogP contribution in [0, 0.1) is 0 Å². The first-order valence-electron chi connectivity index (χ1n) is 7.02. The molecule has 1 N–H and O–H groups in total. The Balaban J connectivity index is 1.59. The van der Waals surface area contributed by atoms with Crippen LogP contribution in [0.25, 0.3) is 22.8 Å². The van der Waals surface area contributed by atoms with E-state index in [1.54, 1.807) is 0 Å². The molecular weight excluding hydrogens is 304 g/mol. The lowest BCUT2D eigenvalue weighted by molar-refractivity contribution is 0.192. The van der Waals surface area contributed by atoms with Gasteiger partial charge in [-0.2, -0.15) is 10.1 Å². The molecule has 112 valence electrons. The fraction of sp³-hybridized carbons (Fsp3) is 0.267. The summed E-state index contributed by atoms with van der Waals surface area (Å²) in [7, 11) is 0.